The van der Waals surface area contributed by atoms with E-state index in [1.165, 1.54) is 80.2 Å². The van der Waals surface area contributed by atoms with Gasteiger partial charge in [0, 0.05) is 62.3 Å². The van der Waals surface area contributed by atoms with Crippen LogP contribution in [0.15, 0.2) is 164 Å². The van der Waals surface area contributed by atoms with Crippen molar-refractivity contribution in [2.45, 2.75) is 262 Å². The maximum absolute atomic E-state index is 12.6. The summed E-state index contributed by atoms with van der Waals surface area (Å²) < 4.78 is 47.3. The molecule has 0 radical (unpaired) electrons. The topological polar surface area (TPSA) is 537 Å². The number of hydrogen-bond acceptors (Lipinski definition) is 32. The molecule has 42 nitrogen and oxygen atoms in total. The number of methoxy groups -OCH3 is 3. The molecule has 6 fully saturated rings. The molecule has 0 aliphatic carbocycles. The second-order valence-electron chi connectivity index (χ2n) is 39.5. The van der Waals surface area contributed by atoms with E-state index in [2.05, 4.69) is 187 Å². The molecule has 11 atom stereocenters. The molecular weight excluding hydrogens is 1930 g/mol. The predicted octanol–water partition coefficient (Wildman–Crippen LogP) is 14.9. The third-order valence-electron chi connectivity index (χ3n) is 22.4. The van der Waals surface area contributed by atoms with Crippen molar-refractivity contribution in [3.05, 3.63) is 198 Å². The summed E-state index contributed by atoms with van der Waals surface area (Å²) in [4.78, 5) is 127. The summed E-state index contributed by atoms with van der Waals surface area (Å²) in [6, 6.07) is 53.5. The molecule has 144 heavy (non-hydrogen) atoms. The van der Waals surface area contributed by atoms with Gasteiger partial charge >= 0.3 is 60.3 Å². The van der Waals surface area contributed by atoms with Gasteiger partial charge in [-0.1, -0.05) is 185 Å². The van der Waals surface area contributed by atoms with Crippen LogP contribution in [0.4, 0.5) is 24.0 Å². The summed E-state index contributed by atoms with van der Waals surface area (Å²) in [7, 11) is 3.80. The number of benzene rings is 6. The summed E-state index contributed by atoms with van der Waals surface area (Å²) in [5.41, 5.74) is 7.08. The Bertz CT molecular complexity index is 5650. The number of carbonyl (C=O) groups excluding carboxylic acids is 8. The summed E-state index contributed by atoms with van der Waals surface area (Å²) in [5.74, 6) is -3.40. The minimum absolute atomic E-state index is 0.0919. The number of amides is 5. The number of hydrogen-bond donors (Lipinski definition) is 6. The van der Waals surface area contributed by atoms with Gasteiger partial charge in [-0.15, -0.1) is 25.5 Å². The van der Waals surface area contributed by atoms with Gasteiger partial charge in [-0.3, -0.25) is 35.0 Å². The van der Waals surface area contributed by atoms with Gasteiger partial charge in [-0.05, 0) is 215 Å². The Morgan fingerprint density at radius 1 is 0.438 bits per heavy atom. The number of H-pyrrole nitrogens is 1. The third-order valence-corrected chi connectivity index (χ3v) is 23.1. The molecule has 5 amide bonds. The van der Waals surface area contributed by atoms with Gasteiger partial charge in [0.2, 0.25) is 0 Å². The number of rotatable bonds is 16. The van der Waals surface area contributed by atoms with Crippen LogP contribution in [0.25, 0.3) is 33.4 Å². The number of aliphatic carboxylic acids is 2. The molecule has 0 spiro atoms. The number of alkyl halides is 1. The fraction of sp³-hybridized carbons (Fsp3) is 0.505. The Balaban J connectivity index is 0.000000213. The number of carbonyl (C=O) groups is 10. The molecule has 6 aromatic carbocycles. The first-order valence-electron chi connectivity index (χ1n) is 46.9. The van der Waals surface area contributed by atoms with Gasteiger partial charge in [0.15, 0.2) is 17.5 Å². The van der Waals surface area contributed by atoms with Crippen LogP contribution in [0.5, 0.6) is 0 Å². The third kappa shape index (κ3) is 35.9. The molecule has 1 unspecified atom stereocenters. The van der Waals surface area contributed by atoms with E-state index in [1.54, 1.807) is 109 Å². The minimum atomic E-state index is -1.07. The number of ether oxygens (including phenoxy) is 9. The molecule has 6 saturated heterocycles. The van der Waals surface area contributed by atoms with E-state index < -0.39 is 125 Å². The number of esters is 3. The van der Waals surface area contributed by atoms with Crippen LogP contribution in [0.2, 0.25) is 0 Å². The molecule has 6 N–H and O–H groups in total. The van der Waals surface area contributed by atoms with Gasteiger partial charge in [-0.2, -0.15) is 15.3 Å². The van der Waals surface area contributed by atoms with Crippen LogP contribution in [-0.2, 0) is 85.0 Å². The van der Waals surface area contributed by atoms with E-state index >= 15 is 0 Å². The smallest absolute Gasteiger partial charge is 0.411 e. The molecule has 9 heterocycles. The molecule has 3 aromatic heterocycles. The number of aromatic nitrogens is 12. The summed E-state index contributed by atoms with van der Waals surface area (Å²) >= 11 is 3.44. The van der Waals surface area contributed by atoms with Crippen molar-refractivity contribution in [3.8, 4) is 39.4 Å². The number of β-amino-alcohol motifs (C(OH)–C–C–N with tert-alkyl or cyclic N) is 1. The van der Waals surface area contributed by atoms with Gasteiger partial charge in [0.1, 0.15) is 58.2 Å². The van der Waals surface area contributed by atoms with Crippen LogP contribution in [-0.4, -0.2) is 303 Å². The van der Waals surface area contributed by atoms with Crippen molar-refractivity contribution < 1.29 is 116 Å². The average Bonchev–Trinajstić information content (AvgIpc) is 1.83. The molecule has 9 aromatic rings. The summed E-state index contributed by atoms with van der Waals surface area (Å²) in [5, 5.41) is 89.0. The highest BCUT2D eigenvalue weighted by molar-refractivity contribution is 9.08. The monoisotopic (exact) mass is 2060 g/mol. The first-order valence-corrected chi connectivity index (χ1v) is 48.0. The van der Waals surface area contributed by atoms with Crippen molar-refractivity contribution in [1.82, 2.24) is 85.5 Å². The van der Waals surface area contributed by atoms with Crippen LogP contribution in [0.3, 0.4) is 0 Å². The summed E-state index contributed by atoms with van der Waals surface area (Å²) in [6.45, 7) is 31.2. The number of halogens is 1. The fourth-order valence-corrected chi connectivity index (χ4v) is 16.1. The highest BCUT2D eigenvalue weighted by Gasteiger charge is 2.49. The highest BCUT2D eigenvalue weighted by atomic mass is 79.9. The predicted molar refractivity (Wildman–Crippen MR) is 528 cm³/mol. The average molecular weight is 2060 g/mol. The quantitative estimate of drug-likeness (QED) is 0.0172. The molecule has 0 saturated carbocycles. The second kappa shape index (κ2) is 53.4. The Labute approximate surface area is 845 Å². The standard InChI is InChI=1S/2C24H27N5O4.C13H11Br.C12H19N5O4.C12H18N2O4.C11H19NO5.C5H10O.H2O2/c1-24(2,3)33-23(32)28-15-19(13-20(28)22(30)31)21-25-26-27-29(21)14-16-9-11-18(12-10-16)17-7-5-4-6-8-17;1-24(2,3)33-23(32)28-15-19(13-20(28)22(30)31)21-25-27-29(26-21)14-16-9-11-18(12-10-16)17-7-5-4-6-8-17;14-10-11-6-8-13(9-7-11)12-4-2-1-3-5-12;1-12(2,3)21-11(19)17-6-7(9-13-15-16-14-9)5-8(17)10(18)20-4;1-12(2,3)18-11(16)14-7-8(6-13)5-9(14)10(15)17-4;1-11(2,3)17-10(15)12-6-7(13)5-8(12)9(14)16-4;1-5-3-2-4-6-5;1-2/h2*4-12,19-20H,13-15H2,1-3H3,(H,30,31);1-9H,10H2;7-8H,5-6H2,1-4H3,(H,13,14,15,16);8-9H,5,7H2,1-4H3;7-8,13H,5-6H2,1-4H3;5H,2-4H2,1H3;1-2H/t2*19-,20+;;7-,8+;8-,9-;7-,8-;;/m11.100../s1. The number of tetrazole rings is 3. The molecule has 6 aliphatic heterocycles. The number of aliphatic hydroxyl groups excluding tert-OH is 1. The van der Waals surface area contributed by atoms with Gasteiger partial charge in [0.05, 0.1) is 65.2 Å². The fourth-order valence-electron chi connectivity index (χ4n) is 15.8. The molecule has 778 valence electrons. The SMILES string of the molecule is BrCc1ccc(-c2ccccc2)cc1.CC(C)(C)OC(=O)N1C[C@H](c2nnn(Cc3ccc(-c4ccccc4)cc3)n2)C[C@H]1C(=O)O.CC(C)(C)OC(=O)N1C[C@H](c2nnnn2Cc2ccc(-c3ccccc3)cc2)C[C@H]1C(=O)O.CC1CCCO1.COC(=O)[C@@H]1C[C@@H](C#N)CN1C(=O)OC(C)(C)C.COC(=O)[C@@H]1C[C@@H](c2nn[nH]n2)CN1C(=O)OC(C)(C)C.COC(=O)[C@@H]1C[C@H](O)CN1C(=O)OC(C)(C)C.OO. The van der Waals surface area contributed by atoms with Crippen molar-refractivity contribution in [3.63, 3.8) is 0 Å². The maximum Gasteiger partial charge on any atom is 0.411 e. The normalized spacial score (nSPS) is 19.9. The van der Waals surface area contributed by atoms with Crippen molar-refractivity contribution in [1.29, 1.82) is 5.26 Å². The maximum atomic E-state index is 12.6. The molecular formula is C101H133BrN18O24. The van der Waals surface area contributed by atoms with Crippen LogP contribution < -0.4 is 0 Å². The summed E-state index contributed by atoms with van der Waals surface area (Å²) in [6.07, 6.45) is 0.617. The van der Waals surface area contributed by atoms with Crippen LogP contribution >= 0.6 is 15.9 Å². The largest absolute Gasteiger partial charge is 0.480 e. The van der Waals surface area contributed by atoms with E-state index in [-0.39, 0.29) is 75.7 Å². The van der Waals surface area contributed by atoms with E-state index in [0.717, 1.165) is 45.3 Å². The lowest BCUT2D eigenvalue weighted by molar-refractivity contribution is -0.176. The van der Waals surface area contributed by atoms with E-state index in [4.69, 9.17) is 48.9 Å². The number of nitriles is 1. The Hall–Kier alpha value is -14.0. The zero-order valence-electron chi connectivity index (χ0n) is 84.7. The first kappa shape index (κ1) is 115. The zero-order valence-corrected chi connectivity index (χ0v) is 86.3. The molecule has 43 heteroatoms. The molecule has 15 rings (SSSR count). The Morgan fingerprint density at radius 3 is 1.15 bits per heavy atom. The number of nitrogens with zero attached hydrogens (tertiary/aromatic N) is 17. The Kier molecular flexibility index (Phi) is 42.8. The van der Waals surface area contributed by atoms with E-state index in [9.17, 15) is 63.3 Å². The lowest BCUT2D eigenvalue weighted by Gasteiger charge is -2.27. The lowest BCUT2D eigenvalue weighted by atomic mass is 10.0. The van der Waals surface area contributed by atoms with Gasteiger partial charge in [-0.25, -0.2) is 52.6 Å². The van der Waals surface area contributed by atoms with Crippen molar-refractivity contribution in [2.24, 2.45) is 5.92 Å². The first-order chi connectivity index (χ1) is 68.0. The molecule has 0 bridgehead atoms. The highest BCUT2D eigenvalue weighted by Crippen LogP contribution is 2.37. The number of carboxylic acids is 2. The van der Waals surface area contributed by atoms with E-state index in [0.29, 0.717) is 49.5 Å². The van der Waals surface area contributed by atoms with Crippen molar-refractivity contribution in [2.75, 3.05) is 60.7 Å². The van der Waals surface area contributed by atoms with E-state index in [1.807, 2.05) is 66.7 Å². The lowest BCUT2D eigenvalue weighted by Crippen LogP contribution is -2.43. The second-order valence-corrected chi connectivity index (χ2v) is 40.1. The number of aromatic amines is 1. The van der Waals surface area contributed by atoms with Crippen LogP contribution in [0, 0.1) is 17.2 Å². The number of nitrogens with one attached hydrogen (secondary N) is 1. The zero-order chi connectivity index (χ0) is 106. The number of aliphatic hydroxyl groups is 1. The van der Waals surface area contributed by atoms with Crippen molar-refractivity contribution >= 4 is 76.2 Å². The Morgan fingerprint density at radius 2 is 0.792 bits per heavy atom. The number of likely N-dealkylation sites (tertiary alicyclic amines) is 5. The van der Waals surface area contributed by atoms with Crippen LogP contribution in [0.1, 0.15) is 208 Å². The van der Waals surface area contributed by atoms with Gasteiger partial charge < -0.3 is 58.0 Å². The minimum Gasteiger partial charge on any atom is -0.480 e. The molecule has 6 aliphatic rings. The number of carboxylic acid groups (broad SMARTS) is 2. The van der Waals surface area contributed by atoms with Gasteiger partial charge in [0.25, 0.3) is 0 Å².